The third kappa shape index (κ3) is 3.06. The minimum atomic E-state index is 0.448. The van der Waals surface area contributed by atoms with Crippen molar-refractivity contribution in [1.82, 2.24) is 5.32 Å². The van der Waals surface area contributed by atoms with Gasteiger partial charge < -0.3 is 11.1 Å². The van der Waals surface area contributed by atoms with Crippen molar-refractivity contribution in [2.45, 2.75) is 38.6 Å². The maximum atomic E-state index is 5.39. The summed E-state index contributed by atoms with van der Waals surface area (Å²) < 4.78 is 0. The van der Waals surface area contributed by atoms with E-state index in [1.165, 1.54) is 25.7 Å². The van der Waals surface area contributed by atoms with E-state index in [9.17, 15) is 0 Å². The van der Waals surface area contributed by atoms with Crippen LogP contribution in [-0.4, -0.2) is 11.2 Å². The molecule has 1 aliphatic carbocycles. The number of nitrogens with one attached hydrogen (secondary N) is 1. The van der Waals surface area contributed by atoms with Gasteiger partial charge in [0.05, 0.1) is 0 Å². The molecule has 1 saturated carbocycles. The zero-order valence-corrected chi connectivity index (χ0v) is 7.79. The van der Waals surface area contributed by atoms with Gasteiger partial charge in [-0.1, -0.05) is 19.8 Å². The summed E-state index contributed by atoms with van der Waals surface area (Å²) in [6.07, 6.45) is 5.11. The molecule has 0 radical (unpaired) electrons. The standard InChI is InChI=1S/C8H16N2S/c1-6-3-2-4-7(5-6)10-8(9)11/h6-7H,2-5H2,1H3,(H3,9,10,11). The van der Waals surface area contributed by atoms with Crippen LogP contribution in [0.25, 0.3) is 0 Å². The first-order chi connectivity index (χ1) is 5.18. The number of hydrogen-bond donors (Lipinski definition) is 2. The zero-order chi connectivity index (χ0) is 8.27. The minimum absolute atomic E-state index is 0.448. The first-order valence-electron chi connectivity index (χ1n) is 4.24. The van der Waals surface area contributed by atoms with Crippen LogP contribution in [0.5, 0.6) is 0 Å². The Balaban J connectivity index is 2.28. The molecule has 1 aliphatic rings. The highest BCUT2D eigenvalue weighted by Crippen LogP contribution is 2.23. The highest BCUT2D eigenvalue weighted by atomic mass is 32.1. The molecule has 2 unspecified atom stereocenters. The van der Waals surface area contributed by atoms with Gasteiger partial charge in [-0.15, -0.1) is 0 Å². The van der Waals surface area contributed by atoms with Crippen molar-refractivity contribution >= 4 is 17.3 Å². The van der Waals surface area contributed by atoms with E-state index in [1.807, 2.05) is 0 Å². The zero-order valence-electron chi connectivity index (χ0n) is 6.97. The molecular weight excluding hydrogens is 156 g/mol. The molecule has 3 heteroatoms. The molecule has 0 spiro atoms. The van der Waals surface area contributed by atoms with E-state index in [0.717, 1.165) is 5.92 Å². The lowest BCUT2D eigenvalue weighted by molar-refractivity contribution is 0.326. The Morgan fingerprint density at radius 2 is 2.27 bits per heavy atom. The number of thiocarbonyl (C=S) groups is 1. The summed E-state index contributed by atoms with van der Waals surface area (Å²) in [5, 5.41) is 3.57. The molecule has 2 nitrogen and oxygen atoms in total. The van der Waals surface area contributed by atoms with Gasteiger partial charge in [0.2, 0.25) is 0 Å². The number of hydrogen-bond acceptors (Lipinski definition) is 1. The monoisotopic (exact) mass is 172 g/mol. The van der Waals surface area contributed by atoms with Crippen LogP contribution in [0.2, 0.25) is 0 Å². The Morgan fingerprint density at radius 3 is 2.82 bits per heavy atom. The summed E-state index contributed by atoms with van der Waals surface area (Å²) in [5.74, 6) is 0.829. The summed E-state index contributed by atoms with van der Waals surface area (Å²) >= 11 is 4.78. The van der Waals surface area contributed by atoms with Gasteiger partial charge in [-0.2, -0.15) is 0 Å². The molecule has 1 rings (SSSR count). The predicted octanol–water partition coefficient (Wildman–Crippen LogP) is 1.40. The lowest BCUT2D eigenvalue weighted by Gasteiger charge is -2.27. The topological polar surface area (TPSA) is 38.0 Å². The van der Waals surface area contributed by atoms with E-state index in [0.29, 0.717) is 11.2 Å². The van der Waals surface area contributed by atoms with E-state index in [2.05, 4.69) is 12.2 Å². The Morgan fingerprint density at radius 1 is 1.55 bits per heavy atom. The molecule has 2 atom stereocenters. The number of nitrogens with two attached hydrogens (primary N) is 1. The predicted molar refractivity (Wildman–Crippen MR) is 51.3 cm³/mol. The molecule has 0 amide bonds. The summed E-state index contributed by atoms with van der Waals surface area (Å²) in [4.78, 5) is 0. The van der Waals surface area contributed by atoms with E-state index in [-0.39, 0.29) is 0 Å². The molecule has 0 aliphatic heterocycles. The maximum Gasteiger partial charge on any atom is 0.163 e. The average molecular weight is 172 g/mol. The van der Waals surface area contributed by atoms with Crippen LogP contribution in [0.4, 0.5) is 0 Å². The van der Waals surface area contributed by atoms with Gasteiger partial charge in [-0.25, -0.2) is 0 Å². The SMILES string of the molecule is CC1CCCC(NC(N)=S)C1. The molecule has 11 heavy (non-hydrogen) atoms. The van der Waals surface area contributed by atoms with Gasteiger partial charge in [0.25, 0.3) is 0 Å². The molecular formula is C8H16N2S. The third-order valence-corrected chi connectivity index (χ3v) is 2.40. The molecule has 0 aromatic carbocycles. The summed E-state index contributed by atoms with van der Waals surface area (Å²) in [5.41, 5.74) is 5.39. The Kier molecular flexibility index (Phi) is 3.12. The van der Waals surface area contributed by atoms with E-state index in [1.54, 1.807) is 0 Å². The van der Waals surface area contributed by atoms with E-state index in [4.69, 9.17) is 18.0 Å². The Labute approximate surface area is 73.5 Å². The van der Waals surface area contributed by atoms with Crippen molar-refractivity contribution in [3.8, 4) is 0 Å². The van der Waals surface area contributed by atoms with Gasteiger partial charge in [0.15, 0.2) is 5.11 Å². The molecule has 64 valence electrons. The van der Waals surface area contributed by atoms with Gasteiger partial charge in [0.1, 0.15) is 0 Å². The summed E-state index contributed by atoms with van der Waals surface area (Å²) in [6, 6.07) is 0.538. The van der Waals surface area contributed by atoms with Crippen LogP contribution in [0.1, 0.15) is 32.6 Å². The quantitative estimate of drug-likeness (QED) is 0.587. The second-order valence-electron chi connectivity index (χ2n) is 3.48. The van der Waals surface area contributed by atoms with Crippen molar-refractivity contribution in [3.63, 3.8) is 0 Å². The largest absolute Gasteiger partial charge is 0.376 e. The van der Waals surface area contributed by atoms with Crippen molar-refractivity contribution in [1.29, 1.82) is 0 Å². The Bertz CT molecular complexity index is 147. The van der Waals surface area contributed by atoms with Crippen LogP contribution >= 0.6 is 12.2 Å². The smallest absolute Gasteiger partial charge is 0.163 e. The molecule has 0 heterocycles. The lowest BCUT2D eigenvalue weighted by Crippen LogP contribution is -2.40. The van der Waals surface area contributed by atoms with Gasteiger partial charge in [0, 0.05) is 6.04 Å². The lowest BCUT2D eigenvalue weighted by atomic mass is 9.87. The van der Waals surface area contributed by atoms with Crippen molar-refractivity contribution < 1.29 is 0 Å². The fourth-order valence-electron chi connectivity index (χ4n) is 1.77. The second-order valence-corrected chi connectivity index (χ2v) is 3.92. The molecule has 0 bridgehead atoms. The van der Waals surface area contributed by atoms with Gasteiger partial charge in [-0.3, -0.25) is 0 Å². The fraction of sp³-hybridized carbons (Fsp3) is 0.875. The fourth-order valence-corrected chi connectivity index (χ4v) is 1.93. The van der Waals surface area contributed by atoms with Gasteiger partial charge in [-0.05, 0) is 31.0 Å². The molecule has 1 fully saturated rings. The highest BCUT2D eigenvalue weighted by Gasteiger charge is 2.18. The first-order valence-corrected chi connectivity index (χ1v) is 4.65. The minimum Gasteiger partial charge on any atom is -0.376 e. The number of rotatable bonds is 1. The maximum absolute atomic E-state index is 5.39. The van der Waals surface area contributed by atoms with Crippen LogP contribution in [0.3, 0.4) is 0 Å². The van der Waals surface area contributed by atoms with Crippen LogP contribution < -0.4 is 11.1 Å². The van der Waals surface area contributed by atoms with E-state index >= 15 is 0 Å². The van der Waals surface area contributed by atoms with Crippen LogP contribution in [0.15, 0.2) is 0 Å². The summed E-state index contributed by atoms with van der Waals surface area (Å²) in [7, 11) is 0. The van der Waals surface area contributed by atoms with Crippen LogP contribution in [0, 0.1) is 5.92 Å². The summed E-state index contributed by atoms with van der Waals surface area (Å²) in [6.45, 7) is 2.29. The molecule has 3 N–H and O–H groups in total. The Hall–Kier alpha value is -0.310. The normalized spacial score (nSPS) is 31.4. The highest BCUT2D eigenvalue weighted by molar-refractivity contribution is 7.80. The van der Waals surface area contributed by atoms with Crippen molar-refractivity contribution in [2.24, 2.45) is 11.7 Å². The second kappa shape index (κ2) is 3.90. The van der Waals surface area contributed by atoms with Crippen molar-refractivity contribution in [3.05, 3.63) is 0 Å². The molecule has 0 saturated heterocycles. The third-order valence-electron chi connectivity index (χ3n) is 2.28. The average Bonchev–Trinajstić information content (AvgIpc) is 1.85. The van der Waals surface area contributed by atoms with Gasteiger partial charge >= 0.3 is 0 Å². The molecule has 0 aromatic rings. The van der Waals surface area contributed by atoms with Crippen molar-refractivity contribution in [2.75, 3.05) is 0 Å². The van der Waals surface area contributed by atoms with E-state index < -0.39 is 0 Å². The molecule has 0 aromatic heterocycles. The van der Waals surface area contributed by atoms with Crippen LogP contribution in [-0.2, 0) is 0 Å². The first kappa shape index (κ1) is 8.78.